The highest BCUT2D eigenvalue weighted by Crippen LogP contribution is 2.67. The van der Waals surface area contributed by atoms with Crippen LogP contribution < -0.4 is 18.9 Å². The van der Waals surface area contributed by atoms with Crippen molar-refractivity contribution in [2.24, 2.45) is 11.8 Å². The van der Waals surface area contributed by atoms with Crippen LogP contribution in [0, 0.1) is 11.8 Å². The van der Waals surface area contributed by atoms with Gasteiger partial charge in [-0.15, -0.1) is 0 Å². The number of nitrogens with zero attached hydrogens (tertiary/aromatic N) is 5. The molecule has 298 valence electrons. The molecule has 2 aliphatic heterocycles. The van der Waals surface area contributed by atoms with Gasteiger partial charge in [-0.3, -0.25) is 34.3 Å². The van der Waals surface area contributed by atoms with Crippen LogP contribution in [0.4, 0.5) is 0 Å². The van der Waals surface area contributed by atoms with Gasteiger partial charge in [-0.2, -0.15) is 0 Å². The number of phenols is 1. The number of methoxy groups -OCH3 is 4. The third kappa shape index (κ3) is 6.29. The number of para-hydroxylation sites is 3. The molecule has 6 aromatic rings. The lowest BCUT2D eigenvalue weighted by molar-refractivity contribution is -0.149. The molecule has 5 heterocycles. The number of aromatic hydroxyl groups is 1. The number of ether oxygens (including phenoxy) is 4. The van der Waals surface area contributed by atoms with Crippen molar-refractivity contribution in [2.45, 2.75) is 29.8 Å². The molecule has 0 spiro atoms. The second-order valence-electron chi connectivity index (χ2n) is 14.3. The van der Waals surface area contributed by atoms with Gasteiger partial charge in [0.2, 0.25) is 5.91 Å². The van der Waals surface area contributed by atoms with Crippen LogP contribution in [-0.2, 0) is 10.3 Å². The largest absolute Gasteiger partial charge is 0.507 e. The zero-order valence-electron chi connectivity index (χ0n) is 32.8. The van der Waals surface area contributed by atoms with Crippen molar-refractivity contribution in [3.8, 4) is 28.7 Å². The second-order valence-corrected chi connectivity index (χ2v) is 14.3. The number of ketones is 2. The lowest BCUT2D eigenvalue weighted by Gasteiger charge is -2.51. The molecule has 0 unspecified atom stereocenters. The van der Waals surface area contributed by atoms with Gasteiger partial charge in [-0.05, 0) is 55.0 Å². The summed E-state index contributed by atoms with van der Waals surface area (Å²) in [7, 11) is 6.04. The number of pyridine rings is 2. The summed E-state index contributed by atoms with van der Waals surface area (Å²) in [5.74, 6) is -4.91. The van der Waals surface area contributed by atoms with Crippen LogP contribution in [0.25, 0.3) is 0 Å². The summed E-state index contributed by atoms with van der Waals surface area (Å²) in [6.07, 6.45) is 7.75. The minimum atomic E-state index is -1.60. The van der Waals surface area contributed by atoms with Crippen LogP contribution >= 0.6 is 0 Å². The average Bonchev–Trinajstić information content (AvgIpc) is 3.61. The predicted octanol–water partition coefficient (Wildman–Crippen LogP) is 6.75. The van der Waals surface area contributed by atoms with E-state index in [1.165, 1.54) is 53.0 Å². The Bertz CT molecular complexity index is 2510. The van der Waals surface area contributed by atoms with Gasteiger partial charge in [0.05, 0.1) is 69.1 Å². The predicted molar refractivity (Wildman–Crippen MR) is 215 cm³/mol. The van der Waals surface area contributed by atoms with Gasteiger partial charge in [0.25, 0.3) is 0 Å². The number of hydrogen-bond donors (Lipinski definition) is 1. The van der Waals surface area contributed by atoms with E-state index in [4.69, 9.17) is 28.9 Å². The molecule has 8 rings (SSSR count). The van der Waals surface area contributed by atoms with Gasteiger partial charge in [-0.25, -0.2) is 0 Å². The fourth-order valence-electron chi connectivity index (χ4n) is 9.37. The first kappa shape index (κ1) is 38.7. The first-order valence-corrected chi connectivity index (χ1v) is 19.0. The molecule has 0 bridgehead atoms. The van der Waals surface area contributed by atoms with E-state index in [9.17, 15) is 5.11 Å². The van der Waals surface area contributed by atoms with E-state index in [0.29, 0.717) is 45.5 Å². The molecule has 0 radical (unpaired) electrons. The number of carbonyl (C=O) groups excluding carboxylic acids is 3. The van der Waals surface area contributed by atoms with E-state index in [1.807, 2.05) is 6.07 Å². The molecule has 3 aromatic carbocycles. The molecular formula is C46H41N5O8. The summed E-state index contributed by atoms with van der Waals surface area (Å²) < 4.78 is 23.6. The van der Waals surface area contributed by atoms with Gasteiger partial charge in [-0.1, -0.05) is 48.5 Å². The third-order valence-electron chi connectivity index (χ3n) is 11.6. The second kappa shape index (κ2) is 16.0. The normalized spacial score (nSPS) is 22.3. The zero-order valence-corrected chi connectivity index (χ0v) is 32.8. The number of Topliss-reactive ketones (excluding diaryl/α,β-unsaturated/α-hetero) is 2. The van der Waals surface area contributed by atoms with Crippen LogP contribution in [0.3, 0.4) is 0 Å². The maximum absolute atomic E-state index is 16.3. The molecule has 13 nitrogen and oxygen atoms in total. The van der Waals surface area contributed by atoms with Crippen LogP contribution in [0.2, 0.25) is 0 Å². The standard InChI is InChI=1S/C46H41N5O8/c1-56-34-18-11-14-27(43(34)58-3)30-25-46(36-20-8-10-22-50-36)39(42(54)31-16-7-9-21-48-31)37(29-15-12-19-35(57-2)44(29)59-4)40(32-26-47-23-24-49-32)51(46)45(55)38(30)41(53)28-13-5-6-17-33(28)52/h5-24,26,30,37-40,52H,25H2,1-4H3/t30-,37+,38+,39-,40-,46+/m1/s1. The molecule has 2 aliphatic rings. The molecule has 13 heteroatoms. The first-order chi connectivity index (χ1) is 28.8. The average molecular weight is 792 g/mol. The van der Waals surface area contributed by atoms with Crippen molar-refractivity contribution >= 4 is 17.5 Å². The maximum Gasteiger partial charge on any atom is 0.235 e. The van der Waals surface area contributed by atoms with Crippen LogP contribution in [0.1, 0.15) is 67.7 Å². The SMILES string of the molecule is COc1cccc([C@@H]2[C@@H](c3cnccn3)N3C(=O)[C@H](C(=O)c4ccccc4O)[C@@H](c4cccc(OC)c4OC)C[C@]3(c3ccccn3)[C@H]2C(=O)c2ccccn2)c1OC. The van der Waals surface area contributed by atoms with Crippen LogP contribution in [-0.4, -0.2) is 75.9 Å². The minimum absolute atomic E-state index is 0.0218. The number of carbonyl (C=O) groups is 3. The van der Waals surface area contributed by atoms with Crippen molar-refractivity contribution in [1.82, 2.24) is 24.8 Å². The van der Waals surface area contributed by atoms with Gasteiger partial charge in [0, 0.05) is 47.8 Å². The smallest absolute Gasteiger partial charge is 0.235 e. The number of phenolic OH excluding ortho intramolecular Hbond substituents is 1. The Balaban J connectivity index is 1.52. The minimum Gasteiger partial charge on any atom is -0.507 e. The molecule has 0 aliphatic carbocycles. The van der Waals surface area contributed by atoms with E-state index in [2.05, 4.69) is 9.97 Å². The van der Waals surface area contributed by atoms with E-state index in [1.54, 1.807) is 102 Å². The lowest BCUT2D eigenvalue weighted by atomic mass is 9.62. The molecular weight excluding hydrogens is 751 g/mol. The summed E-state index contributed by atoms with van der Waals surface area (Å²) >= 11 is 0. The molecule has 3 aromatic heterocycles. The number of aromatic nitrogens is 4. The van der Waals surface area contributed by atoms with Gasteiger partial charge >= 0.3 is 0 Å². The number of benzene rings is 3. The van der Waals surface area contributed by atoms with Crippen molar-refractivity contribution in [3.05, 3.63) is 162 Å². The number of rotatable bonds is 12. The molecule has 2 fully saturated rings. The highest BCUT2D eigenvalue weighted by molar-refractivity contribution is 6.13. The number of fused-ring (bicyclic) bond motifs is 1. The number of piperidine rings is 1. The molecule has 2 saturated heterocycles. The summed E-state index contributed by atoms with van der Waals surface area (Å²) in [4.78, 5) is 67.6. The highest BCUT2D eigenvalue weighted by atomic mass is 16.5. The summed E-state index contributed by atoms with van der Waals surface area (Å²) in [6.45, 7) is 0. The maximum atomic E-state index is 16.3. The van der Waals surface area contributed by atoms with E-state index in [0.717, 1.165) is 0 Å². The van der Waals surface area contributed by atoms with Crippen molar-refractivity contribution in [3.63, 3.8) is 0 Å². The molecule has 1 N–H and O–H groups in total. The Kier molecular flexibility index (Phi) is 10.5. The number of amides is 1. The fourth-order valence-corrected chi connectivity index (χ4v) is 9.37. The molecule has 59 heavy (non-hydrogen) atoms. The van der Waals surface area contributed by atoms with E-state index >= 15 is 14.4 Å². The summed E-state index contributed by atoms with van der Waals surface area (Å²) in [5, 5.41) is 11.1. The first-order valence-electron chi connectivity index (χ1n) is 19.0. The molecule has 1 amide bonds. The van der Waals surface area contributed by atoms with Gasteiger partial charge in [0.1, 0.15) is 17.4 Å². The third-order valence-corrected chi connectivity index (χ3v) is 11.6. The van der Waals surface area contributed by atoms with Crippen LogP contribution in [0.5, 0.6) is 28.7 Å². The van der Waals surface area contributed by atoms with Crippen molar-refractivity contribution in [2.75, 3.05) is 28.4 Å². The topological polar surface area (TPSA) is 163 Å². The summed E-state index contributed by atoms with van der Waals surface area (Å²) in [6, 6.07) is 26.2. The molecule has 0 saturated carbocycles. The quantitative estimate of drug-likeness (QED) is 0.103. The molecule has 6 atom stereocenters. The van der Waals surface area contributed by atoms with E-state index < -0.39 is 46.9 Å². The van der Waals surface area contributed by atoms with E-state index in [-0.39, 0.29) is 29.2 Å². The Morgan fingerprint density at radius 2 is 1.36 bits per heavy atom. The monoisotopic (exact) mass is 791 g/mol. The zero-order chi connectivity index (χ0) is 41.3. The Labute approximate surface area is 340 Å². The lowest BCUT2D eigenvalue weighted by Crippen LogP contribution is -2.59. The summed E-state index contributed by atoms with van der Waals surface area (Å²) in [5.41, 5.74) is 0.335. The van der Waals surface area contributed by atoms with Crippen molar-refractivity contribution in [1.29, 1.82) is 0 Å². The Morgan fingerprint density at radius 3 is 1.97 bits per heavy atom. The number of hydrogen-bond acceptors (Lipinski definition) is 12. The van der Waals surface area contributed by atoms with Gasteiger partial charge < -0.3 is 29.0 Å². The van der Waals surface area contributed by atoms with Gasteiger partial charge in [0.15, 0.2) is 34.6 Å². The fraction of sp³-hybridized carbons (Fsp3) is 0.239. The Morgan fingerprint density at radius 1 is 0.695 bits per heavy atom. The Hall–Kier alpha value is -7.15. The van der Waals surface area contributed by atoms with Crippen LogP contribution in [0.15, 0.2) is 128 Å². The highest BCUT2D eigenvalue weighted by Gasteiger charge is 2.70. The van der Waals surface area contributed by atoms with Crippen molar-refractivity contribution < 1.29 is 38.4 Å².